The summed E-state index contributed by atoms with van der Waals surface area (Å²) in [6.07, 6.45) is 6.30. The SMILES string of the molecule is CC(C)CCOCCn1cncc1C1CCNC1. The molecule has 1 aromatic heterocycles. The summed E-state index contributed by atoms with van der Waals surface area (Å²) < 4.78 is 7.91. The number of aromatic nitrogens is 2. The Morgan fingerprint density at radius 3 is 3.11 bits per heavy atom. The van der Waals surface area contributed by atoms with E-state index in [4.69, 9.17) is 4.74 Å². The van der Waals surface area contributed by atoms with Crippen LogP contribution in [-0.2, 0) is 11.3 Å². The summed E-state index contributed by atoms with van der Waals surface area (Å²) in [5.41, 5.74) is 1.35. The van der Waals surface area contributed by atoms with Gasteiger partial charge in [0.15, 0.2) is 0 Å². The molecule has 0 bridgehead atoms. The molecule has 1 aliphatic heterocycles. The Bertz CT molecular complexity index is 343. The van der Waals surface area contributed by atoms with Crippen LogP contribution in [-0.4, -0.2) is 35.9 Å². The van der Waals surface area contributed by atoms with Crippen LogP contribution in [0.4, 0.5) is 0 Å². The molecule has 1 saturated heterocycles. The lowest BCUT2D eigenvalue weighted by Gasteiger charge is -2.13. The van der Waals surface area contributed by atoms with E-state index in [1.165, 1.54) is 12.1 Å². The summed E-state index contributed by atoms with van der Waals surface area (Å²) in [5, 5.41) is 3.40. The first kappa shape index (κ1) is 13.6. The van der Waals surface area contributed by atoms with Gasteiger partial charge in [-0.05, 0) is 25.3 Å². The summed E-state index contributed by atoms with van der Waals surface area (Å²) in [6.45, 7) is 9.24. The van der Waals surface area contributed by atoms with Crippen molar-refractivity contribution in [2.45, 2.75) is 39.2 Å². The van der Waals surface area contributed by atoms with Crippen molar-refractivity contribution in [2.24, 2.45) is 5.92 Å². The standard InChI is InChI=1S/C14H25N3O/c1-12(2)4-7-18-8-6-17-11-16-10-14(17)13-3-5-15-9-13/h10-13,15H,3-9H2,1-2H3. The van der Waals surface area contributed by atoms with E-state index in [1.807, 2.05) is 12.5 Å². The molecule has 1 N–H and O–H groups in total. The molecule has 1 unspecified atom stereocenters. The lowest BCUT2D eigenvalue weighted by atomic mass is 10.1. The zero-order valence-corrected chi connectivity index (χ0v) is 11.6. The maximum Gasteiger partial charge on any atom is 0.0949 e. The van der Waals surface area contributed by atoms with Crippen molar-refractivity contribution in [3.63, 3.8) is 0 Å². The van der Waals surface area contributed by atoms with Gasteiger partial charge in [-0.2, -0.15) is 0 Å². The van der Waals surface area contributed by atoms with Crippen molar-refractivity contribution in [2.75, 3.05) is 26.3 Å². The van der Waals surface area contributed by atoms with E-state index in [0.717, 1.165) is 45.2 Å². The highest BCUT2D eigenvalue weighted by Crippen LogP contribution is 2.21. The average Bonchev–Trinajstić information content (AvgIpc) is 2.97. The molecule has 4 heteroatoms. The molecule has 2 heterocycles. The molecule has 18 heavy (non-hydrogen) atoms. The fourth-order valence-electron chi connectivity index (χ4n) is 2.35. The van der Waals surface area contributed by atoms with Gasteiger partial charge in [0.05, 0.1) is 12.9 Å². The third-order valence-corrected chi connectivity index (χ3v) is 3.54. The van der Waals surface area contributed by atoms with Gasteiger partial charge in [0.25, 0.3) is 0 Å². The lowest BCUT2D eigenvalue weighted by Crippen LogP contribution is -2.14. The first-order valence-electron chi connectivity index (χ1n) is 7.06. The van der Waals surface area contributed by atoms with Gasteiger partial charge in [0.1, 0.15) is 0 Å². The Labute approximate surface area is 110 Å². The quantitative estimate of drug-likeness (QED) is 0.754. The largest absolute Gasteiger partial charge is 0.380 e. The molecule has 1 aliphatic rings. The smallest absolute Gasteiger partial charge is 0.0949 e. The lowest BCUT2D eigenvalue weighted by molar-refractivity contribution is 0.115. The molecule has 2 rings (SSSR count). The van der Waals surface area contributed by atoms with E-state index in [-0.39, 0.29) is 0 Å². The Morgan fingerprint density at radius 1 is 1.50 bits per heavy atom. The topological polar surface area (TPSA) is 39.1 Å². The summed E-state index contributed by atoms with van der Waals surface area (Å²) in [6, 6.07) is 0. The summed E-state index contributed by atoms with van der Waals surface area (Å²) >= 11 is 0. The van der Waals surface area contributed by atoms with Crippen LogP contribution in [0.1, 0.15) is 38.3 Å². The predicted octanol–water partition coefficient (Wildman–Crippen LogP) is 2.02. The number of ether oxygens (including phenoxy) is 1. The van der Waals surface area contributed by atoms with Gasteiger partial charge >= 0.3 is 0 Å². The molecular formula is C14H25N3O. The second kappa shape index (κ2) is 6.90. The first-order valence-corrected chi connectivity index (χ1v) is 7.06. The van der Waals surface area contributed by atoms with Crippen molar-refractivity contribution in [3.8, 4) is 0 Å². The molecule has 1 aromatic rings. The van der Waals surface area contributed by atoms with Crippen molar-refractivity contribution in [1.82, 2.24) is 14.9 Å². The first-order chi connectivity index (χ1) is 8.77. The van der Waals surface area contributed by atoms with Crippen LogP contribution in [0, 0.1) is 5.92 Å². The van der Waals surface area contributed by atoms with Gasteiger partial charge in [0, 0.05) is 37.5 Å². The van der Waals surface area contributed by atoms with Crippen LogP contribution in [0.25, 0.3) is 0 Å². The maximum absolute atomic E-state index is 5.67. The van der Waals surface area contributed by atoms with Crippen molar-refractivity contribution in [3.05, 3.63) is 18.2 Å². The molecule has 1 fully saturated rings. The van der Waals surface area contributed by atoms with Crippen LogP contribution >= 0.6 is 0 Å². The summed E-state index contributed by atoms with van der Waals surface area (Å²) in [7, 11) is 0. The molecular weight excluding hydrogens is 226 g/mol. The maximum atomic E-state index is 5.67. The molecule has 0 saturated carbocycles. The monoisotopic (exact) mass is 251 g/mol. The molecule has 4 nitrogen and oxygen atoms in total. The minimum absolute atomic E-state index is 0.628. The van der Waals surface area contributed by atoms with Crippen LogP contribution in [0.15, 0.2) is 12.5 Å². The Morgan fingerprint density at radius 2 is 2.39 bits per heavy atom. The van der Waals surface area contributed by atoms with Crippen LogP contribution in [0.5, 0.6) is 0 Å². The second-order valence-corrected chi connectivity index (χ2v) is 5.50. The highest BCUT2D eigenvalue weighted by Gasteiger charge is 2.19. The van der Waals surface area contributed by atoms with Gasteiger partial charge in [-0.1, -0.05) is 13.8 Å². The molecule has 0 radical (unpaired) electrons. The fraction of sp³-hybridized carbons (Fsp3) is 0.786. The summed E-state index contributed by atoms with van der Waals surface area (Å²) in [5.74, 6) is 1.35. The van der Waals surface area contributed by atoms with Gasteiger partial charge in [-0.15, -0.1) is 0 Å². The van der Waals surface area contributed by atoms with Crippen molar-refractivity contribution in [1.29, 1.82) is 0 Å². The molecule has 0 aromatic carbocycles. The number of nitrogens with one attached hydrogen (secondary N) is 1. The van der Waals surface area contributed by atoms with Crippen LogP contribution in [0.3, 0.4) is 0 Å². The third-order valence-electron chi connectivity index (χ3n) is 3.54. The number of imidazole rings is 1. The zero-order chi connectivity index (χ0) is 12.8. The van der Waals surface area contributed by atoms with E-state index < -0.39 is 0 Å². The zero-order valence-electron chi connectivity index (χ0n) is 11.6. The molecule has 0 amide bonds. The summed E-state index contributed by atoms with van der Waals surface area (Å²) in [4.78, 5) is 4.27. The normalized spacial score (nSPS) is 19.8. The van der Waals surface area contributed by atoms with Gasteiger partial charge < -0.3 is 14.6 Å². The molecule has 0 aliphatic carbocycles. The van der Waals surface area contributed by atoms with Crippen molar-refractivity contribution < 1.29 is 4.74 Å². The van der Waals surface area contributed by atoms with Crippen LogP contribution < -0.4 is 5.32 Å². The number of nitrogens with zero attached hydrogens (tertiary/aromatic N) is 2. The average molecular weight is 251 g/mol. The Balaban J connectivity index is 1.74. The third kappa shape index (κ3) is 3.82. The van der Waals surface area contributed by atoms with E-state index >= 15 is 0 Å². The minimum Gasteiger partial charge on any atom is -0.380 e. The van der Waals surface area contributed by atoms with E-state index in [2.05, 4.69) is 28.7 Å². The predicted molar refractivity (Wildman–Crippen MR) is 72.7 cm³/mol. The highest BCUT2D eigenvalue weighted by atomic mass is 16.5. The Hall–Kier alpha value is -0.870. The number of hydrogen-bond acceptors (Lipinski definition) is 3. The van der Waals surface area contributed by atoms with E-state index in [9.17, 15) is 0 Å². The van der Waals surface area contributed by atoms with Gasteiger partial charge in [0.2, 0.25) is 0 Å². The van der Waals surface area contributed by atoms with E-state index in [1.54, 1.807) is 0 Å². The van der Waals surface area contributed by atoms with Crippen molar-refractivity contribution >= 4 is 0 Å². The minimum atomic E-state index is 0.628. The van der Waals surface area contributed by atoms with Gasteiger partial charge in [-0.25, -0.2) is 4.98 Å². The molecule has 102 valence electrons. The Kier molecular flexibility index (Phi) is 5.20. The van der Waals surface area contributed by atoms with Gasteiger partial charge in [-0.3, -0.25) is 0 Å². The number of rotatable bonds is 7. The highest BCUT2D eigenvalue weighted by molar-refractivity contribution is 5.09. The molecule has 0 spiro atoms. The fourth-order valence-corrected chi connectivity index (χ4v) is 2.35. The van der Waals surface area contributed by atoms with Crippen LogP contribution in [0.2, 0.25) is 0 Å². The number of hydrogen-bond donors (Lipinski definition) is 1. The van der Waals surface area contributed by atoms with E-state index in [0.29, 0.717) is 5.92 Å². The molecule has 1 atom stereocenters. The second-order valence-electron chi connectivity index (χ2n) is 5.50.